The highest BCUT2D eigenvalue weighted by molar-refractivity contribution is 5.74. The number of nitrogens with zero attached hydrogens (tertiary/aromatic N) is 3. The van der Waals surface area contributed by atoms with Crippen LogP contribution in [0.3, 0.4) is 0 Å². The summed E-state index contributed by atoms with van der Waals surface area (Å²) in [5.74, 6) is 0. The molecule has 31 heavy (non-hydrogen) atoms. The number of carbonyl (C=O) groups excluding carboxylic acids is 2. The van der Waals surface area contributed by atoms with Crippen molar-refractivity contribution < 1.29 is 9.59 Å². The van der Waals surface area contributed by atoms with Crippen molar-refractivity contribution in [2.75, 3.05) is 40.3 Å². The highest BCUT2D eigenvalue weighted by Crippen LogP contribution is 2.13. The minimum absolute atomic E-state index is 0.0259. The number of hydrogen-bond acceptors (Lipinski definition) is 4. The normalized spacial score (nSPS) is 19.2. The van der Waals surface area contributed by atoms with Crippen LogP contribution >= 0.6 is 0 Å². The van der Waals surface area contributed by atoms with Crippen molar-refractivity contribution in [3.05, 3.63) is 0 Å². The van der Waals surface area contributed by atoms with Crippen LogP contribution in [-0.2, 0) is 0 Å². The van der Waals surface area contributed by atoms with Crippen LogP contribution in [0.25, 0.3) is 0 Å². The molecule has 0 atom stereocenters. The van der Waals surface area contributed by atoms with Crippen LogP contribution in [0.2, 0.25) is 0 Å². The summed E-state index contributed by atoms with van der Waals surface area (Å²) in [4.78, 5) is 29.4. The van der Waals surface area contributed by atoms with Gasteiger partial charge in [0.15, 0.2) is 0 Å². The van der Waals surface area contributed by atoms with E-state index in [0.29, 0.717) is 24.2 Å². The van der Waals surface area contributed by atoms with Crippen molar-refractivity contribution in [3.8, 4) is 0 Å². The third-order valence-electron chi connectivity index (χ3n) is 6.01. The third-order valence-corrected chi connectivity index (χ3v) is 6.01. The van der Waals surface area contributed by atoms with Gasteiger partial charge in [0.2, 0.25) is 0 Å². The van der Waals surface area contributed by atoms with E-state index in [0.717, 1.165) is 51.9 Å². The fourth-order valence-corrected chi connectivity index (χ4v) is 3.91. The van der Waals surface area contributed by atoms with Gasteiger partial charge in [-0.05, 0) is 67.2 Å². The zero-order valence-corrected chi connectivity index (χ0v) is 21.2. The molecule has 8 nitrogen and oxygen atoms in total. The van der Waals surface area contributed by atoms with E-state index in [1.54, 1.807) is 19.0 Å². The molecule has 2 aliphatic rings. The fraction of sp³-hybridized carbons (Fsp3) is 0.913. The molecule has 0 unspecified atom stereocenters. The molecule has 0 radical (unpaired) electrons. The maximum Gasteiger partial charge on any atom is 0.317 e. The molecule has 0 aromatic carbocycles. The minimum atomic E-state index is -0.0296. The van der Waals surface area contributed by atoms with Crippen molar-refractivity contribution in [1.82, 2.24) is 30.7 Å². The average Bonchev–Trinajstić information content (AvgIpc) is 2.68. The summed E-state index contributed by atoms with van der Waals surface area (Å²) in [5.41, 5.74) is 0. The van der Waals surface area contributed by atoms with Gasteiger partial charge in [0, 0.05) is 70.5 Å². The van der Waals surface area contributed by atoms with Crippen molar-refractivity contribution in [2.45, 2.75) is 97.4 Å². The van der Waals surface area contributed by atoms with Crippen molar-refractivity contribution >= 4 is 12.1 Å². The Morgan fingerprint density at radius 3 is 1.45 bits per heavy atom. The van der Waals surface area contributed by atoms with Gasteiger partial charge >= 0.3 is 12.1 Å². The molecule has 0 aromatic heterocycles. The van der Waals surface area contributed by atoms with Gasteiger partial charge < -0.3 is 30.7 Å². The molecule has 182 valence electrons. The number of piperidine rings is 2. The Morgan fingerprint density at radius 1 is 0.742 bits per heavy atom. The molecule has 0 saturated carbocycles. The van der Waals surface area contributed by atoms with Gasteiger partial charge in [0.1, 0.15) is 0 Å². The Hall–Kier alpha value is -1.54. The van der Waals surface area contributed by atoms with Crippen LogP contribution in [0.15, 0.2) is 0 Å². The quantitative estimate of drug-likeness (QED) is 0.614. The van der Waals surface area contributed by atoms with Crippen molar-refractivity contribution in [3.63, 3.8) is 0 Å². The number of amides is 4. The minimum Gasteiger partial charge on any atom is -0.336 e. The van der Waals surface area contributed by atoms with E-state index >= 15 is 0 Å². The number of likely N-dealkylation sites (tertiary alicyclic amines) is 2. The summed E-state index contributed by atoms with van der Waals surface area (Å²) in [7, 11) is 3.55. The van der Waals surface area contributed by atoms with Crippen LogP contribution in [-0.4, -0.2) is 97.2 Å². The first-order valence-corrected chi connectivity index (χ1v) is 12.0. The maximum absolute atomic E-state index is 11.5. The Labute approximate surface area is 190 Å². The van der Waals surface area contributed by atoms with Crippen LogP contribution in [0.4, 0.5) is 9.59 Å². The summed E-state index contributed by atoms with van der Waals surface area (Å²) in [6, 6.07) is 2.14. The van der Waals surface area contributed by atoms with E-state index in [2.05, 4.69) is 53.4 Å². The lowest BCUT2D eigenvalue weighted by molar-refractivity contribution is 0.157. The van der Waals surface area contributed by atoms with E-state index in [9.17, 15) is 9.59 Å². The van der Waals surface area contributed by atoms with E-state index in [-0.39, 0.29) is 18.1 Å². The summed E-state index contributed by atoms with van der Waals surface area (Å²) in [5, 5.41) is 8.93. The maximum atomic E-state index is 11.5. The van der Waals surface area contributed by atoms with Crippen molar-refractivity contribution in [1.29, 1.82) is 0 Å². The predicted octanol–water partition coefficient (Wildman–Crippen LogP) is 2.70. The molecule has 0 spiro atoms. The lowest BCUT2D eigenvalue weighted by Crippen LogP contribution is -2.50. The molecule has 2 heterocycles. The number of carbonyl (C=O) groups is 2. The Kier molecular flexibility index (Phi) is 12.2. The fourth-order valence-electron chi connectivity index (χ4n) is 3.91. The van der Waals surface area contributed by atoms with E-state index in [1.807, 2.05) is 13.8 Å². The highest BCUT2D eigenvalue weighted by atomic mass is 16.2. The first-order valence-electron chi connectivity index (χ1n) is 12.0. The highest BCUT2D eigenvalue weighted by Gasteiger charge is 2.23. The van der Waals surface area contributed by atoms with Crippen molar-refractivity contribution in [2.24, 2.45) is 0 Å². The first-order chi connectivity index (χ1) is 14.5. The van der Waals surface area contributed by atoms with Gasteiger partial charge in [0.05, 0.1) is 0 Å². The van der Waals surface area contributed by atoms with Gasteiger partial charge in [0.25, 0.3) is 0 Å². The average molecular weight is 441 g/mol. The molecule has 0 bridgehead atoms. The molecule has 2 aliphatic heterocycles. The molecule has 2 saturated heterocycles. The van der Waals surface area contributed by atoms with Gasteiger partial charge in [-0.3, -0.25) is 0 Å². The van der Waals surface area contributed by atoms with E-state index < -0.39 is 0 Å². The Morgan fingerprint density at radius 2 is 1.13 bits per heavy atom. The van der Waals surface area contributed by atoms with Gasteiger partial charge in [-0.2, -0.15) is 0 Å². The molecule has 8 heteroatoms. The predicted molar refractivity (Wildman–Crippen MR) is 128 cm³/mol. The van der Waals surface area contributed by atoms with Crippen LogP contribution in [0, 0.1) is 0 Å². The Balaban J connectivity index is 0.000000311. The first kappa shape index (κ1) is 27.5. The summed E-state index contributed by atoms with van der Waals surface area (Å²) in [6.07, 6.45) is 4.25. The van der Waals surface area contributed by atoms with Gasteiger partial charge in [-0.15, -0.1) is 0 Å². The number of rotatable bonds is 5. The monoisotopic (exact) mass is 440 g/mol. The molecule has 4 amide bonds. The van der Waals surface area contributed by atoms with Crippen LogP contribution < -0.4 is 16.0 Å². The third kappa shape index (κ3) is 11.1. The summed E-state index contributed by atoms with van der Waals surface area (Å²) >= 11 is 0. The number of nitrogens with one attached hydrogen (secondary N) is 3. The SMILES string of the molecule is CC(C)N1CCC(NC(=O)N(C)C)CC1.CC(C)NC(=O)NC1CCN(C(C)C)CC1. The van der Waals surface area contributed by atoms with E-state index in [1.165, 1.54) is 0 Å². The largest absolute Gasteiger partial charge is 0.336 e. The lowest BCUT2D eigenvalue weighted by atomic mass is 10.0. The number of hydrogen-bond donors (Lipinski definition) is 3. The zero-order chi connectivity index (χ0) is 23.6. The molecular weight excluding hydrogens is 392 g/mol. The standard InChI is InChI=1S/C12H25N3O.C11H23N3O/c1-9(2)13-12(16)14-11-5-7-15(8-6-11)10(3)4;1-9(2)14-7-5-10(6-8-14)12-11(15)13(3)4/h9-11H,5-8H2,1-4H3,(H2,13,14,16);9-10H,5-8H2,1-4H3,(H,12,15). The van der Waals surface area contributed by atoms with Crippen LogP contribution in [0.5, 0.6) is 0 Å². The van der Waals surface area contributed by atoms with Gasteiger partial charge in [-0.25, -0.2) is 9.59 Å². The topological polar surface area (TPSA) is 80.0 Å². The molecule has 3 N–H and O–H groups in total. The number of urea groups is 2. The second kappa shape index (κ2) is 13.8. The van der Waals surface area contributed by atoms with E-state index in [4.69, 9.17) is 0 Å². The second-order valence-corrected chi connectivity index (χ2v) is 9.92. The Bertz CT molecular complexity index is 522. The molecule has 0 aromatic rings. The summed E-state index contributed by atoms with van der Waals surface area (Å²) in [6.45, 7) is 17.2. The molecule has 2 rings (SSSR count). The lowest BCUT2D eigenvalue weighted by Gasteiger charge is -2.35. The zero-order valence-electron chi connectivity index (χ0n) is 21.2. The van der Waals surface area contributed by atoms with Gasteiger partial charge in [-0.1, -0.05) is 0 Å². The second-order valence-electron chi connectivity index (χ2n) is 9.92. The smallest absolute Gasteiger partial charge is 0.317 e. The molecule has 0 aliphatic carbocycles. The molecular formula is C23H48N6O2. The summed E-state index contributed by atoms with van der Waals surface area (Å²) < 4.78 is 0. The molecule has 2 fully saturated rings. The van der Waals surface area contributed by atoms with Crippen LogP contribution in [0.1, 0.15) is 67.2 Å².